The van der Waals surface area contributed by atoms with E-state index in [1.54, 1.807) is 17.9 Å². The molecule has 0 spiro atoms. The van der Waals surface area contributed by atoms with Crippen LogP contribution in [0.2, 0.25) is 0 Å². The van der Waals surface area contributed by atoms with Crippen LogP contribution in [-0.4, -0.2) is 38.3 Å². The van der Waals surface area contributed by atoms with Crippen molar-refractivity contribution in [1.82, 2.24) is 15.1 Å². The van der Waals surface area contributed by atoms with Gasteiger partial charge in [0, 0.05) is 25.4 Å². The summed E-state index contributed by atoms with van der Waals surface area (Å²) in [4.78, 5) is 21.5. The molecule has 7 heteroatoms. The molecular formula is C9H13N3O3S. The third-order valence-corrected chi connectivity index (χ3v) is 2.62. The number of hydrogen-bond acceptors (Lipinski definition) is 4. The predicted octanol–water partition coefficient (Wildman–Crippen LogP) is -0.146. The normalized spacial score (nSPS) is 10.1. The number of carboxylic acids is 1. The fraction of sp³-hybridized carbons (Fsp3) is 0.444. The molecule has 0 aliphatic heterocycles. The van der Waals surface area contributed by atoms with Crippen molar-refractivity contribution in [3.8, 4) is 0 Å². The van der Waals surface area contributed by atoms with E-state index in [0.29, 0.717) is 6.54 Å². The van der Waals surface area contributed by atoms with Gasteiger partial charge in [0.05, 0.1) is 17.7 Å². The van der Waals surface area contributed by atoms with Crippen LogP contribution in [0.15, 0.2) is 12.4 Å². The molecule has 1 amide bonds. The maximum Gasteiger partial charge on any atom is 0.313 e. The highest BCUT2D eigenvalue weighted by molar-refractivity contribution is 8.00. The molecule has 6 nitrogen and oxygen atoms in total. The molecule has 1 heterocycles. The molecule has 1 aromatic heterocycles. The third kappa shape index (κ3) is 4.83. The van der Waals surface area contributed by atoms with E-state index in [0.717, 1.165) is 17.3 Å². The van der Waals surface area contributed by atoms with Crippen molar-refractivity contribution in [2.75, 3.05) is 11.5 Å². The van der Waals surface area contributed by atoms with Crippen molar-refractivity contribution in [3.05, 3.63) is 18.0 Å². The highest BCUT2D eigenvalue weighted by atomic mass is 32.2. The van der Waals surface area contributed by atoms with E-state index >= 15 is 0 Å². The second-order valence-corrected chi connectivity index (χ2v) is 4.17. The summed E-state index contributed by atoms with van der Waals surface area (Å²) in [7, 11) is 1.80. The second kappa shape index (κ2) is 6.16. The van der Waals surface area contributed by atoms with E-state index in [1.165, 1.54) is 0 Å². The van der Waals surface area contributed by atoms with Gasteiger partial charge in [0.25, 0.3) is 0 Å². The summed E-state index contributed by atoms with van der Waals surface area (Å²) >= 11 is 1.08. The molecule has 88 valence electrons. The van der Waals surface area contributed by atoms with E-state index in [1.807, 2.05) is 6.20 Å². The Balaban J connectivity index is 2.17. The molecule has 0 saturated heterocycles. The van der Waals surface area contributed by atoms with Gasteiger partial charge in [0.2, 0.25) is 5.91 Å². The van der Waals surface area contributed by atoms with Crippen LogP contribution < -0.4 is 5.32 Å². The molecule has 0 bridgehead atoms. The molecule has 0 saturated carbocycles. The summed E-state index contributed by atoms with van der Waals surface area (Å²) in [5, 5.41) is 15.0. The average Bonchev–Trinajstić information content (AvgIpc) is 2.61. The van der Waals surface area contributed by atoms with Crippen molar-refractivity contribution in [3.63, 3.8) is 0 Å². The first-order valence-electron chi connectivity index (χ1n) is 4.61. The zero-order chi connectivity index (χ0) is 12.0. The molecule has 0 radical (unpaired) electrons. The second-order valence-electron chi connectivity index (χ2n) is 3.19. The van der Waals surface area contributed by atoms with Crippen LogP contribution in [0.4, 0.5) is 0 Å². The van der Waals surface area contributed by atoms with E-state index < -0.39 is 5.97 Å². The van der Waals surface area contributed by atoms with E-state index in [-0.39, 0.29) is 17.4 Å². The van der Waals surface area contributed by atoms with Crippen molar-refractivity contribution in [1.29, 1.82) is 0 Å². The Labute approximate surface area is 97.0 Å². The van der Waals surface area contributed by atoms with Crippen LogP contribution in [-0.2, 0) is 23.2 Å². The van der Waals surface area contributed by atoms with Gasteiger partial charge >= 0.3 is 5.97 Å². The SMILES string of the molecule is Cn1cc(CNC(=O)CSCC(=O)O)cn1. The summed E-state index contributed by atoms with van der Waals surface area (Å²) in [6.07, 6.45) is 3.48. The minimum Gasteiger partial charge on any atom is -0.481 e. The summed E-state index contributed by atoms with van der Waals surface area (Å²) in [5.74, 6) is -0.979. The van der Waals surface area contributed by atoms with Crippen LogP contribution >= 0.6 is 11.8 Å². The summed E-state index contributed by atoms with van der Waals surface area (Å²) < 4.78 is 1.65. The lowest BCUT2D eigenvalue weighted by molar-refractivity contribution is -0.133. The van der Waals surface area contributed by atoms with Gasteiger partial charge < -0.3 is 10.4 Å². The summed E-state index contributed by atoms with van der Waals surface area (Å²) in [6, 6.07) is 0. The van der Waals surface area contributed by atoms with Gasteiger partial charge in [-0.1, -0.05) is 0 Å². The Hall–Kier alpha value is -1.50. The Morgan fingerprint density at radius 3 is 2.88 bits per heavy atom. The Morgan fingerprint density at radius 2 is 2.31 bits per heavy atom. The Kier molecular flexibility index (Phi) is 4.84. The fourth-order valence-electron chi connectivity index (χ4n) is 1.05. The summed E-state index contributed by atoms with van der Waals surface area (Å²) in [6.45, 7) is 0.417. The number of amides is 1. The number of aryl methyl sites for hydroxylation is 1. The first-order valence-corrected chi connectivity index (χ1v) is 5.77. The number of nitrogens with one attached hydrogen (secondary N) is 1. The van der Waals surface area contributed by atoms with E-state index in [2.05, 4.69) is 10.4 Å². The molecule has 0 aromatic carbocycles. The number of aromatic nitrogens is 2. The molecule has 16 heavy (non-hydrogen) atoms. The van der Waals surface area contributed by atoms with Crippen molar-refractivity contribution >= 4 is 23.6 Å². The lowest BCUT2D eigenvalue weighted by Crippen LogP contribution is -2.24. The molecule has 1 aromatic rings. The maximum atomic E-state index is 11.3. The van der Waals surface area contributed by atoms with Gasteiger partial charge in [-0.3, -0.25) is 14.3 Å². The maximum absolute atomic E-state index is 11.3. The fourth-order valence-corrected chi connectivity index (χ4v) is 1.61. The van der Waals surface area contributed by atoms with Crippen LogP contribution in [0, 0.1) is 0 Å². The standard InChI is InChI=1S/C9H13N3O3S/c1-12-4-7(3-11-12)2-10-8(13)5-16-6-9(14)15/h3-4H,2,5-6H2,1H3,(H,10,13)(H,14,15). The predicted molar refractivity (Wildman–Crippen MR) is 60.0 cm³/mol. The van der Waals surface area contributed by atoms with Crippen molar-refractivity contribution in [2.24, 2.45) is 7.05 Å². The topological polar surface area (TPSA) is 84.2 Å². The van der Waals surface area contributed by atoms with Crippen LogP contribution in [0.1, 0.15) is 5.56 Å². The molecule has 2 N–H and O–H groups in total. The van der Waals surface area contributed by atoms with Gasteiger partial charge in [-0.05, 0) is 0 Å². The minimum atomic E-state index is -0.912. The first-order chi connectivity index (χ1) is 7.58. The molecule has 0 atom stereocenters. The molecule has 1 rings (SSSR count). The van der Waals surface area contributed by atoms with Gasteiger partial charge in [-0.15, -0.1) is 11.8 Å². The van der Waals surface area contributed by atoms with Gasteiger partial charge in [0.1, 0.15) is 0 Å². The van der Waals surface area contributed by atoms with Gasteiger partial charge in [-0.2, -0.15) is 5.10 Å². The zero-order valence-electron chi connectivity index (χ0n) is 8.84. The third-order valence-electron chi connectivity index (χ3n) is 1.71. The number of carboxylic acid groups (broad SMARTS) is 1. The van der Waals surface area contributed by atoms with Crippen LogP contribution in [0.3, 0.4) is 0 Å². The number of aliphatic carboxylic acids is 1. The number of carbonyl (C=O) groups excluding carboxylic acids is 1. The molecular weight excluding hydrogens is 230 g/mol. The largest absolute Gasteiger partial charge is 0.481 e. The molecule has 0 fully saturated rings. The minimum absolute atomic E-state index is 0.0552. The number of carbonyl (C=O) groups is 2. The Morgan fingerprint density at radius 1 is 1.56 bits per heavy atom. The molecule has 0 aliphatic carbocycles. The molecule has 0 unspecified atom stereocenters. The Bertz CT molecular complexity index is 378. The highest BCUT2D eigenvalue weighted by Gasteiger charge is 2.04. The van der Waals surface area contributed by atoms with Crippen molar-refractivity contribution in [2.45, 2.75) is 6.54 Å². The number of nitrogens with zero attached hydrogens (tertiary/aromatic N) is 2. The summed E-state index contributed by atoms with van der Waals surface area (Å²) in [5.41, 5.74) is 0.916. The number of thioether (sulfide) groups is 1. The lowest BCUT2D eigenvalue weighted by atomic mass is 10.3. The molecule has 0 aliphatic rings. The first kappa shape index (κ1) is 12.6. The zero-order valence-corrected chi connectivity index (χ0v) is 9.66. The van der Waals surface area contributed by atoms with Gasteiger partial charge in [0.15, 0.2) is 0 Å². The monoisotopic (exact) mass is 243 g/mol. The quantitative estimate of drug-likeness (QED) is 0.726. The highest BCUT2D eigenvalue weighted by Crippen LogP contribution is 1.99. The lowest BCUT2D eigenvalue weighted by Gasteiger charge is -2.01. The smallest absolute Gasteiger partial charge is 0.313 e. The van der Waals surface area contributed by atoms with Crippen molar-refractivity contribution < 1.29 is 14.7 Å². The van der Waals surface area contributed by atoms with E-state index in [4.69, 9.17) is 5.11 Å². The van der Waals surface area contributed by atoms with E-state index in [9.17, 15) is 9.59 Å². The van der Waals surface area contributed by atoms with Crippen LogP contribution in [0.25, 0.3) is 0 Å². The average molecular weight is 243 g/mol. The number of rotatable bonds is 6. The van der Waals surface area contributed by atoms with Gasteiger partial charge in [-0.25, -0.2) is 0 Å². The van der Waals surface area contributed by atoms with Crippen LogP contribution in [0.5, 0.6) is 0 Å². The number of hydrogen-bond donors (Lipinski definition) is 2.